The first-order valence-corrected chi connectivity index (χ1v) is 5.17. The number of carbonyl (C=O) groups excluding carboxylic acids is 1. The van der Waals surface area contributed by atoms with Crippen molar-refractivity contribution in [1.82, 2.24) is 19.7 Å². The van der Waals surface area contributed by atoms with Gasteiger partial charge in [0.25, 0.3) is 0 Å². The third-order valence-electron chi connectivity index (χ3n) is 1.99. The molecule has 0 spiro atoms. The molecule has 0 aromatic carbocycles. The average Bonchev–Trinajstić information content (AvgIpc) is 2.48. The lowest BCUT2D eigenvalue weighted by Gasteiger charge is -2.26. The fourth-order valence-corrected chi connectivity index (χ4v) is 1.44. The molecule has 90 valence electrons. The molecule has 1 heterocycles. The van der Waals surface area contributed by atoms with Crippen molar-refractivity contribution in [3.8, 4) is 0 Å². The minimum atomic E-state index is -0.000162. The summed E-state index contributed by atoms with van der Waals surface area (Å²) in [5.41, 5.74) is 5.45. The minimum Gasteiger partial charge on any atom is -0.367 e. The highest BCUT2D eigenvalue weighted by Gasteiger charge is 2.18. The molecule has 0 unspecified atom stereocenters. The van der Waals surface area contributed by atoms with Crippen molar-refractivity contribution in [3.05, 3.63) is 6.33 Å². The van der Waals surface area contributed by atoms with Gasteiger partial charge in [0.05, 0.1) is 0 Å². The summed E-state index contributed by atoms with van der Waals surface area (Å²) in [4.78, 5) is 17.3. The zero-order chi connectivity index (χ0) is 12.3. The fourth-order valence-electron chi connectivity index (χ4n) is 1.44. The third-order valence-corrected chi connectivity index (χ3v) is 1.99. The van der Waals surface area contributed by atoms with Crippen LogP contribution in [0.3, 0.4) is 0 Å². The fraction of sp³-hybridized carbons (Fsp3) is 0.700. The number of hydrogen-bond donors (Lipinski definition) is 1. The Kier molecular flexibility index (Phi) is 3.51. The minimum absolute atomic E-state index is 0.000162. The SMILES string of the molecule is CN(CC(C)(C)C)C(=O)Cn1cnc(N)n1. The number of amides is 1. The van der Waals surface area contributed by atoms with E-state index >= 15 is 0 Å². The molecule has 0 atom stereocenters. The smallest absolute Gasteiger partial charge is 0.244 e. The van der Waals surface area contributed by atoms with E-state index in [0.29, 0.717) is 6.54 Å². The van der Waals surface area contributed by atoms with E-state index in [0.717, 1.165) is 0 Å². The van der Waals surface area contributed by atoms with E-state index in [-0.39, 0.29) is 23.8 Å². The van der Waals surface area contributed by atoms with E-state index in [9.17, 15) is 4.79 Å². The molecule has 6 nitrogen and oxygen atoms in total. The lowest BCUT2D eigenvalue weighted by Crippen LogP contribution is -2.36. The predicted octanol–water partition coefficient (Wildman–Crippen LogP) is 0.365. The average molecular weight is 225 g/mol. The Morgan fingerprint density at radius 3 is 2.62 bits per heavy atom. The van der Waals surface area contributed by atoms with Crippen molar-refractivity contribution in [2.24, 2.45) is 5.41 Å². The quantitative estimate of drug-likeness (QED) is 0.806. The summed E-state index contributed by atoms with van der Waals surface area (Å²) in [5, 5.41) is 3.87. The van der Waals surface area contributed by atoms with Gasteiger partial charge in [0.15, 0.2) is 0 Å². The van der Waals surface area contributed by atoms with E-state index in [1.165, 1.54) is 11.0 Å². The van der Waals surface area contributed by atoms with Gasteiger partial charge < -0.3 is 10.6 Å². The Morgan fingerprint density at radius 1 is 1.56 bits per heavy atom. The van der Waals surface area contributed by atoms with Gasteiger partial charge in [0.2, 0.25) is 11.9 Å². The van der Waals surface area contributed by atoms with Crippen molar-refractivity contribution < 1.29 is 4.79 Å². The summed E-state index contributed by atoms with van der Waals surface area (Å²) in [5.74, 6) is 0.186. The normalized spacial score (nSPS) is 11.5. The molecule has 1 aromatic rings. The summed E-state index contributed by atoms with van der Waals surface area (Å²) in [7, 11) is 1.79. The monoisotopic (exact) mass is 225 g/mol. The highest BCUT2D eigenvalue weighted by atomic mass is 16.2. The predicted molar refractivity (Wildman–Crippen MR) is 61.5 cm³/mol. The Hall–Kier alpha value is -1.59. The van der Waals surface area contributed by atoms with Crippen LogP contribution < -0.4 is 5.73 Å². The summed E-state index contributed by atoms with van der Waals surface area (Å²) in [6.45, 7) is 7.14. The van der Waals surface area contributed by atoms with Crippen LogP contribution >= 0.6 is 0 Å². The van der Waals surface area contributed by atoms with Gasteiger partial charge in [0.1, 0.15) is 12.9 Å². The summed E-state index contributed by atoms with van der Waals surface area (Å²) >= 11 is 0. The zero-order valence-corrected chi connectivity index (χ0v) is 10.3. The largest absolute Gasteiger partial charge is 0.367 e. The highest BCUT2D eigenvalue weighted by Crippen LogP contribution is 2.14. The van der Waals surface area contributed by atoms with E-state index in [1.54, 1.807) is 11.9 Å². The van der Waals surface area contributed by atoms with Crippen molar-refractivity contribution in [1.29, 1.82) is 0 Å². The van der Waals surface area contributed by atoms with Crippen LogP contribution in [-0.4, -0.2) is 39.2 Å². The lowest BCUT2D eigenvalue weighted by atomic mass is 9.96. The van der Waals surface area contributed by atoms with Crippen molar-refractivity contribution in [2.45, 2.75) is 27.3 Å². The van der Waals surface area contributed by atoms with Gasteiger partial charge in [-0.05, 0) is 5.41 Å². The standard InChI is InChI=1S/C10H19N5O/c1-10(2,3)6-14(4)8(16)5-15-7-12-9(11)13-15/h7H,5-6H2,1-4H3,(H2,11,13). The molecule has 16 heavy (non-hydrogen) atoms. The maximum absolute atomic E-state index is 11.8. The molecule has 0 aliphatic carbocycles. The van der Waals surface area contributed by atoms with Crippen molar-refractivity contribution in [3.63, 3.8) is 0 Å². The van der Waals surface area contributed by atoms with Crippen LogP contribution in [0.1, 0.15) is 20.8 Å². The number of nitrogens with zero attached hydrogens (tertiary/aromatic N) is 4. The summed E-state index contributed by atoms with van der Waals surface area (Å²) in [6.07, 6.45) is 1.46. The van der Waals surface area contributed by atoms with Gasteiger partial charge in [-0.15, -0.1) is 5.10 Å². The molecule has 0 aliphatic heterocycles. The van der Waals surface area contributed by atoms with Crippen LogP contribution in [0.2, 0.25) is 0 Å². The highest BCUT2D eigenvalue weighted by molar-refractivity contribution is 5.75. The number of aromatic nitrogens is 3. The second kappa shape index (κ2) is 4.51. The molecule has 1 aromatic heterocycles. The topological polar surface area (TPSA) is 77.0 Å². The van der Waals surface area contributed by atoms with Gasteiger partial charge in [-0.25, -0.2) is 9.67 Å². The van der Waals surface area contributed by atoms with E-state index in [4.69, 9.17) is 5.73 Å². The molecular weight excluding hydrogens is 206 g/mol. The number of nitrogen functional groups attached to an aromatic ring is 1. The Morgan fingerprint density at radius 2 is 2.19 bits per heavy atom. The Labute approximate surface area is 95.4 Å². The van der Waals surface area contributed by atoms with E-state index < -0.39 is 0 Å². The van der Waals surface area contributed by atoms with Crippen LogP contribution in [0.25, 0.3) is 0 Å². The first kappa shape index (κ1) is 12.5. The molecule has 1 amide bonds. The molecule has 0 saturated heterocycles. The van der Waals surface area contributed by atoms with Gasteiger partial charge in [-0.1, -0.05) is 20.8 Å². The molecule has 0 aliphatic rings. The molecule has 0 radical (unpaired) electrons. The Balaban J connectivity index is 2.52. The first-order chi connectivity index (χ1) is 7.28. The Bertz CT molecular complexity index is 366. The zero-order valence-electron chi connectivity index (χ0n) is 10.3. The second-order valence-electron chi connectivity index (χ2n) is 5.11. The van der Waals surface area contributed by atoms with Crippen LogP contribution in [0, 0.1) is 5.41 Å². The lowest BCUT2D eigenvalue weighted by molar-refractivity contribution is -0.131. The molecule has 1 rings (SSSR count). The van der Waals surface area contributed by atoms with Crippen LogP contribution in [-0.2, 0) is 11.3 Å². The molecule has 0 fully saturated rings. The molecule has 6 heteroatoms. The number of nitrogens with two attached hydrogens (primary N) is 1. The number of rotatable bonds is 3. The number of anilines is 1. The first-order valence-electron chi connectivity index (χ1n) is 5.17. The van der Waals surface area contributed by atoms with E-state index in [2.05, 4.69) is 30.9 Å². The van der Waals surface area contributed by atoms with Crippen LogP contribution in [0.15, 0.2) is 6.33 Å². The molecular formula is C10H19N5O. The number of carbonyl (C=O) groups is 1. The molecule has 0 bridgehead atoms. The van der Waals surface area contributed by atoms with Crippen molar-refractivity contribution >= 4 is 11.9 Å². The molecule has 2 N–H and O–H groups in total. The van der Waals surface area contributed by atoms with Gasteiger partial charge in [-0.3, -0.25) is 4.79 Å². The maximum Gasteiger partial charge on any atom is 0.244 e. The number of hydrogen-bond acceptors (Lipinski definition) is 4. The van der Waals surface area contributed by atoms with Crippen LogP contribution in [0.4, 0.5) is 5.95 Å². The summed E-state index contributed by atoms with van der Waals surface area (Å²) in [6, 6.07) is 0. The van der Waals surface area contributed by atoms with Crippen LogP contribution in [0.5, 0.6) is 0 Å². The van der Waals surface area contributed by atoms with Gasteiger partial charge in [0, 0.05) is 13.6 Å². The molecule has 0 saturated carbocycles. The maximum atomic E-state index is 11.8. The van der Waals surface area contributed by atoms with Crippen molar-refractivity contribution in [2.75, 3.05) is 19.3 Å². The van der Waals surface area contributed by atoms with Gasteiger partial charge in [-0.2, -0.15) is 0 Å². The van der Waals surface area contributed by atoms with Gasteiger partial charge >= 0.3 is 0 Å². The van der Waals surface area contributed by atoms with E-state index in [1.807, 2.05) is 0 Å². The summed E-state index contributed by atoms with van der Waals surface area (Å²) < 4.78 is 1.44. The third kappa shape index (κ3) is 3.88. The second-order valence-corrected chi connectivity index (χ2v) is 5.11. The number of likely N-dealkylation sites (N-methyl/N-ethyl adjacent to an activating group) is 1.